The number of hydrogen-bond acceptors (Lipinski definition) is 4. The molecule has 0 amide bonds. The molecule has 0 aliphatic rings. The number of hydrogen-bond donors (Lipinski definition) is 3. The van der Waals surface area contributed by atoms with Crippen LogP contribution in [0.3, 0.4) is 0 Å². The number of phenolic OH excluding ortho intramolecular Hbond substituents is 1. The molecule has 0 saturated heterocycles. The molecule has 0 spiro atoms. The Kier molecular flexibility index (Phi) is 3.25. The standard InChI is InChI=1S/C12H12N2O2/c15-12-9-5-4-8-11(12)13-14-16-10-6-2-1-3-7-10/h1-9,13-15H. The first kappa shape index (κ1) is 10.3. The van der Waals surface area contributed by atoms with Gasteiger partial charge in [0, 0.05) is 0 Å². The fraction of sp³-hybridized carbons (Fsp3) is 0. The van der Waals surface area contributed by atoms with Crippen molar-refractivity contribution in [1.82, 2.24) is 5.59 Å². The summed E-state index contributed by atoms with van der Waals surface area (Å²) >= 11 is 0. The minimum atomic E-state index is 0.159. The van der Waals surface area contributed by atoms with Gasteiger partial charge in [0.25, 0.3) is 0 Å². The van der Waals surface area contributed by atoms with E-state index >= 15 is 0 Å². The van der Waals surface area contributed by atoms with Gasteiger partial charge in [-0.25, -0.2) is 0 Å². The van der Waals surface area contributed by atoms with E-state index in [0.29, 0.717) is 11.4 Å². The van der Waals surface area contributed by atoms with Crippen LogP contribution in [0.15, 0.2) is 54.6 Å². The highest BCUT2D eigenvalue weighted by Crippen LogP contribution is 2.20. The molecular weight excluding hydrogens is 204 g/mol. The second-order valence-electron chi connectivity index (χ2n) is 3.16. The Morgan fingerprint density at radius 2 is 1.56 bits per heavy atom. The zero-order chi connectivity index (χ0) is 11.2. The van der Waals surface area contributed by atoms with E-state index in [0.717, 1.165) is 0 Å². The SMILES string of the molecule is Oc1ccccc1NNOc1ccccc1. The first-order valence-corrected chi connectivity index (χ1v) is 4.87. The maximum absolute atomic E-state index is 9.45. The van der Waals surface area contributed by atoms with E-state index < -0.39 is 0 Å². The molecule has 2 aromatic carbocycles. The summed E-state index contributed by atoms with van der Waals surface area (Å²) in [5.74, 6) is 0.845. The Morgan fingerprint density at radius 1 is 0.875 bits per heavy atom. The average Bonchev–Trinajstić information content (AvgIpc) is 2.33. The van der Waals surface area contributed by atoms with Gasteiger partial charge in [0.15, 0.2) is 0 Å². The molecule has 3 N–H and O–H groups in total. The Balaban J connectivity index is 1.87. The van der Waals surface area contributed by atoms with E-state index in [1.54, 1.807) is 18.2 Å². The maximum Gasteiger partial charge on any atom is 0.149 e. The van der Waals surface area contributed by atoms with Crippen LogP contribution in [0.2, 0.25) is 0 Å². The molecule has 4 nitrogen and oxygen atoms in total. The van der Waals surface area contributed by atoms with Crippen LogP contribution in [0.25, 0.3) is 0 Å². The van der Waals surface area contributed by atoms with Gasteiger partial charge in [0.05, 0.1) is 5.69 Å². The van der Waals surface area contributed by atoms with E-state index in [9.17, 15) is 5.11 Å². The Morgan fingerprint density at radius 3 is 2.31 bits per heavy atom. The summed E-state index contributed by atoms with van der Waals surface area (Å²) in [5.41, 5.74) is 5.84. The van der Waals surface area contributed by atoms with Gasteiger partial charge >= 0.3 is 0 Å². The van der Waals surface area contributed by atoms with Crippen molar-refractivity contribution in [2.75, 3.05) is 5.43 Å². The number of benzene rings is 2. The summed E-state index contributed by atoms with van der Waals surface area (Å²) in [6.45, 7) is 0. The van der Waals surface area contributed by atoms with Crippen molar-refractivity contribution in [3.8, 4) is 11.5 Å². The highest BCUT2D eigenvalue weighted by atomic mass is 16.7. The summed E-state index contributed by atoms with van der Waals surface area (Å²) in [7, 11) is 0. The maximum atomic E-state index is 9.45. The monoisotopic (exact) mass is 216 g/mol. The molecule has 0 radical (unpaired) electrons. The van der Waals surface area contributed by atoms with Crippen LogP contribution >= 0.6 is 0 Å². The molecule has 0 unspecified atom stereocenters. The highest BCUT2D eigenvalue weighted by Gasteiger charge is 1.97. The van der Waals surface area contributed by atoms with Crippen LogP contribution < -0.4 is 15.9 Å². The number of anilines is 1. The van der Waals surface area contributed by atoms with E-state index in [-0.39, 0.29) is 5.75 Å². The summed E-state index contributed by atoms with van der Waals surface area (Å²) in [4.78, 5) is 5.19. The van der Waals surface area contributed by atoms with E-state index in [1.165, 1.54) is 0 Å². The lowest BCUT2D eigenvalue weighted by Crippen LogP contribution is -2.25. The lowest BCUT2D eigenvalue weighted by molar-refractivity contribution is 0.221. The Hall–Kier alpha value is -2.20. The van der Waals surface area contributed by atoms with Crippen LogP contribution in [0.1, 0.15) is 0 Å². The molecule has 4 heteroatoms. The molecule has 0 aliphatic heterocycles. The zero-order valence-electron chi connectivity index (χ0n) is 8.55. The van der Waals surface area contributed by atoms with Gasteiger partial charge in [0.1, 0.15) is 11.5 Å². The van der Waals surface area contributed by atoms with Crippen molar-refractivity contribution in [3.05, 3.63) is 54.6 Å². The van der Waals surface area contributed by atoms with Crippen molar-refractivity contribution in [1.29, 1.82) is 0 Å². The van der Waals surface area contributed by atoms with Crippen LogP contribution in [0.5, 0.6) is 11.5 Å². The second-order valence-corrected chi connectivity index (χ2v) is 3.16. The van der Waals surface area contributed by atoms with Crippen LogP contribution in [0.4, 0.5) is 5.69 Å². The second kappa shape index (κ2) is 5.04. The summed E-state index contributed by atoms with van der Waals surface area (Å²) in [6, 6.07) is 16.2. The Labute approximate surface area is 93.4 Å². The van der Waals surface area contributed by atoms with Crippen molar-refractivity contribution in [2.45, 2.75) is 0 Å². The van der Waals surface area contributed by atoms with Crippen LogP contribution in [-0.2, 0) is 0 Å². The number of hydrazine groups is 1. The summed E-state index contributed by atoms with van der Waals surface area (Å²) < 4.78 is 0. The van der Waals surface area contributed by atoms with E-state index in [4.69, 9.17) is 4.84 Å². The largest absolute Gasteiger partial charge is 0.506 e. The number of phenols is 1. The van der Waals surface area contributed by atoms with Gasteiger partial charge in [-0.3, -0.25) is 5.43 Å². The van der Waals surface area contributed by atoms with E-state index in [1.807, 2.05) is 36.4 Å². The number of nitrogens with one attached hydrogen (secondary N) is 2. The van der Waals surface area contributed by atoms with Crippen LogP contribution in [-0.4, -0.2) is 5.11 Å². The number of aromatic hydroxyl groups is 1. The molecular formula is C12H12N2O2. The predicted octanol–water partition coefficient (Wildman–Crippen LogP) is 2.30. The molecule has 2 rings (SSSR count). The van der Waals surface area contributed by atoms with Gasteiger partial charge in [-0.1, -0.05) is 35.9 Å². The quantitative estimate of drug-likeness (QED) is 0.542. The smallest absolute Gasteiger partial charge is 0.149 e. The molecule has 0 aromatic heterocycles. The molecule has 0 atom stereocenters. The van der Waals surface area contributed by atoms with Crippen molar-refractivity contribution in [2.24, 2.45) is 0 Å². The first-order valence-electron chi connectivity index (χ1n) is 4.87. The third-order valence-corrected chi connectivity index (χ3v) is 2.00. The van der Waals surface area contributed by atoms with Crippen molar-refractivity contribution >= 4 is 5.69 Å². The first-order chi connectivity index (χ1) is 7.86. The molecule has 2 aromatic rings. The summed E-state index contributed by atoms with van der Waals surface area (Å²) in [5, 5.41) is 9.45. The fourth-order valence-corrected chi connectivity index (χ4v) is 1.21. The zero-order valence-corrected chi connectivity index (χ0v) is 8.55. The molecule has 16 heavy (non-hydrogen) atoms. The van der Waals surface area contributed by atoms with Crippen molar-refractivity contribution in [3.63, 3.8) is 0 Å². The fourth-order valence-electron chi connectivity index (χ4n) is 1.21. The Bertz CT molecular complexity index is 446. The normalized spacial score (nSPS) is 9.75. The van der Waals surface area contributed by atoms with Gasteiger partial charge in [-0.15, -0.1) is 0 Å². The molecule has 0 fully saturated rings. The van der Waals surface area contributed by atoms with Gasteiger partial charge in [-0.05, 0) is 24.3 Å². The summed E-state index contributed by atoms with van der Waals surface area (Å²) in [6.07, 6.45) is 0. The molecule has 0 heterocycles. The predicted molar refractivity (Wildman–Crippen MR) is 61.9 cm³/mol. The molecule has 0 bridgehead atoms. The third kappa shape index (κ3) is 2.65. The lowest BCUT2D eigenvalue weighted by Gasteiger charge is -2.10. The lowest BCUT2D eigenvalue weighted by atomic mass is 10.3. The van der Waals surface area contributed by atoms with Crippen LogP contribution in [0, 0.1) is 0 Å². The van der Waals surface area contributed by atoms with Gasteiger partial charge in [-0.2, -0.15) is 0 Å². The number of rotatable bonds is 4. The average molecular weight is 216 g/mol. The van der Waals surface area contributed by atoms with Gasteiger partial charge in [0.2, 0.25) is 0 Å². The molecule has 82 valence electrons. The molecule has 0 aliphatic carbocycles. The number of para-hydroxylation sites is 3. The van der Waals surface area contributed by atoms with Gasteiger partial charge < -0.3 is 9.94 Å². The van der Waals surface area contributed by atoms with E-state index in [2.05, 4.69) is 11.0 Å². The minimum absolute atomic E-state index is 0.159. The third-order valence-electron chi connectivity index (χ3n) is 2.00. The van der Waals surface area contributed by atoms with Crippen molar-refractivity contribution < 1.29 is 9.94 Å². The topological polar surface area (TPSA) is 53.5 Å². The molecule has 0 saturated carbocycles. The minimum Gasteiger partial charge on any atom is -0.506 e. The highest BCUT2D eigenvalue weighted by molar-refractivity contribution is 5.54.